The van der Waals surface area contributed by atoms with E-state index in [1.807, 2.05) is 71.0 Å². The van der Waals surface area contributed by atoms with E-state index in [-0.39, 0.29) is 12.2 Å². The lowest BCUT2D eigenvalue weighted by molar-refractivity contribution is -0.136. The van der Waals surface area contributed by atoms with Crippen molar-refractivity contribution in [2.45, 2.75) is 53.2 Å². The van der Waals surface area contributed by atoms with Crippen molar-refractivity contribution >= 4 is 33.3 Å². The molecule has 5 heteroatoms. The van der Waals surface area contributed by atoms with E-state index in [1.165, 1.54) is 0 Å². The zero-order chi connectivity index (χ0) is 24.1. The molecule has 0 fully saturated rings. The van der Waals surface area contributed by atoms with Crippen LogP contribution in [0.3, 0.4) is 0 Å². The SMILES string of the molecule is Cc1ccc(C)c(CN2C(=O)[C@@](O)(CC(=O)c3cc(C)c(C)cc3C)c3cc(Br)ccc32)c1. The van der Waals surface area contributed by atoms with Crippen molar-refractivity contribution in [2.75, 3.05) is 4.90 Å². The van der Waals surface area contributed by atoms with Gasteiger partial charge in [0.15, 0.2) is 11.4 Å². The number of hydrogen-bond acceptors (Lipinski definition) is 3. The number of aliphatic hydroxyl groups is 1. The van der Waals surface area contributed by atoms with Crippen LogP contribution in [0, 0.1) is 34.6 Å². The van der Waals surface area contributed by atoms with Crippen LogP contribution in [0.5, 0.6) is 0 Å². The van der Waals surface area contributed by atoms with E-state index in [1.54, 1.807) is 11.0 Å². The number of rotatable bonds is 5. The molecular weight excluding hydrogens is 478 g/mol. The lowest BCUT2D eigenvalue weighted by Gasteiger charge is -2.24. The molecule has 0 aliphatic carbocycles. The molecule has 0 unspecified atom stereocenters. The molecular formula is C28H28BrNO3. The van der Waals surface area contributed by atoms with Gasteiger partial charge in [-0.05, 0) is 86.7 Å². The smallest absolute Gasteiger partial charge is 0.264 e. The third-order valence-corrected chi connectivity index (χ3v) is 7.18. The largest absolute Gasteiger partial charge is 0.375 e. The molecule has 0 spiro atoms. The number of carbonyl (C=O) groups excluding carboxylic acids is 2. The first-order chi connectivity index (χ1) is 15.5. The van der Waals surface area contributed by atoms with Gasteiger partial charge in [0, 0.05) is 15.6 Å². The summed E-state index contributed by atoms with van der Waals surface area (Å²) >= 11 is 3.46. The van der Waals surface area contributed by atoms with Crippen LogP contribution in [0.2, 0.25) is 0 Å². The van der Waals surface area contributed by atoms with Crippen molar-refractivity contribution in [2.24, 2.45) is 0 Å². The number of amides is 1. The first-order valence-corrected chi connectivity index (χ1v) is 11.8. The van der Waals surface area contributed by atoms with Gasteiger partial charge in [0.1, 0.15) is 0 Å². The van der Waals surface area contributed by atoms with Crippen molar-refractivity contribution in [1.29, 1.82) is 0 Å². The van der Waals surface area contributed by atoms with Gasteiger partial charge < -0.3 is 10.0 Å². The molecule has 33 heavy (non-hydrogen) atoms. The average Bonchev–Trinajstić information content (AvgIpc) is 2.94. The molecule has 170 valence electrons. The first kappa shape index (κ1) is 23.4. The van der Waals surface area contributed by atoms with Crippen LogP contribution >= 0.6 is 15.9 Å². The second-order valence-electron chi connectivity index (χ2n) is 9.19. The Morgan fingerprint density at radius 2 is 1.61 bits per heavy atom. The van der Waals surface area contributed by atoms with Crippen LogP contribution in [-0.2, 0) is 16.9 Å². The van der Waals surface area contributed by atoms with E-state index >= 15 is 0 Å². The van der Waals surface area contributed by atoms with Crippen LogP contribution in [-0.4, -0.2) is 16.8 Å². The molecule has 0 saturated heterocycles. The van der Waals surface area contributed by atoms with E-state index < -0.39 is 11.5 Å². The van der Waals surface area contributed by atoms with Crippen molar-refractivity contribution in [3.05, 3.63) is 97.5 Å². The van der Waals surface area contributed by atoms with Gasteiger partial charge in [0.05, 0.1) is 18.7 Å². The van der Waals surface area contributed by atoms with Gasteiger partial charge in [-0.15, -0.1) is 0 Å². The molecule has 3 aromatic rings. The Labute approximate surface area is 203 Å². The zero-order valence-electron chi connectivity index (χ0n) is 19.6. The summed E-state index contributed by atoms with van der Waals surface area (Å²) in [5, 5.41) is 11.7. The molecule has 4 nitrogen and oxygen atoms in total. The number of fused-ring (bicyclic) bond motifs is 1. The van der Waals surface area contributed by atoms with Crippen molar-refractivity contribution in [3.63, 3.8) is 0 Å². The molecule has 1 aliphatic heterocycles. The molecule has 1 amide bonds. The van der Waals surface area contributed by atoms with Crippen molar-refractivity contribution < 1.29 is 14.7 Å². The van der Waals surface area contributed by atoms with Gasteiger partial charge in [-0.3, -0.25) is 9.59 Å². The summed E-state index contributed by atoms with van der Waals surface area (Å²) in [4.78, 5) is 28.6. The highest BCUT2D eigenvalue weighted by molar-refractivity contribution is 9.10. The number of Topliss-reactive ketones (excluding diaryl/α,β-unsaturated/α-hetero) is 1. The number of carbonyl (C=O) groups is 2. The summed E-state index contributed by atoms with van der Waals surface area (Å²) in [5.74, 6) is -0.711. The minimum atomic E-state index is -1.92. The summed E-state index contributed by atoms with van der Waals surface area (Å²) in [5.41, 5.74) is 5.87. The molecule has 1 heterocycles. The fourth-order valence-corrected chi connectivity index (χ4v) is 4.94. The standard InChI is InChI=1S/C28H28BrNO3/c1-16-6-7-17(2)21(10-16)15-30-25-9-8-22(29)13-24(25)28(33,27(30)32)14-26(31)23-12-19(4)18(3)11-20(23)5/h6-13,33H,14-15H2,1-5H3/t28-/m1/s1. The Morgan fingerprint density at radius 1 is 0.909 bits per heavy atom. The predicted octanol–water partition coefficient (Wildman–Crippen LogP) is 6.00. The maximum absolute atomic E-state index is 13.7. The summed E-state index contributed by atoms with van der Waals surface area (Å²) in [6.45, 7) is 10.2. The Kier molecular flexibility index (Phi) is 6.06. The highest BCUT2D eigenvalue weighted by atomic mass is 79.9. The van der Waals surface area contributed by atoms with Crippen LogP contribution < -0.4 is 4.90 Å². The van der Waals surface area contributed by atoms with Crippen LogP contribution in [0.4, 0.5) is 5.69 Å². The van der Waals surface area contributed by atoms with Gasteiger partial charge in [-0.2, -0.15) is 0 Å². The maximum atomic E-state index is 13.7. The third-order valence-electron chi connectivity index (χ3n) is 6.68. The Hall–Kier alpha value is -2.76. The zero-order valence-corrected chi connectivity index (χ0v) is 21.2. The number of benzene rings is 3. The van der Waals surface area contributed by atoms with Crippen LogP contribution in [0.15, 0.2) is 53.0 Å². The topological polar surface area (TPSA) is 57.6 Å². The highest BCUT2D eigenvalue weighted by Gasteiger charge is 2.51. The summed E-state index contributed by atoms with van der Waals surface area (Å²) in [7, 11) is 0. The molecule has 0 aromatic heterocycles. The van der Waals surface area contributed by atoms with Crippen LogP contribution in [0.25, 0.3) is 0 Å². The van der Waals surface area contributed by atoms with E-state index in [9.17, 15) is 14.7 Å². The predicted molar refractivity (Wildman–Crippen MR) is 135 cm³/mol. The molecule has 1 atom stereocenters. The molecule has 0 bridgehead atoms. The summed E-state index contributed by atoms with van der Waals surface area (Å²) < 4.78 is 0.746. The lowest BCUT2D eigenvalue weighted by atomic mass is 9.86. The number of nitrogens with zero attached hydrogens (tertiary/aromatic N) is 1. The average molecular weight is 506 g/mol. The molecule has 0 saturated carbocycles. The maximum Gasteiger partial charge on any atom is 0.264 e. The number of aryl methyl sites for hydroxylation is 5. The summed E-state index contributed by atoms with van der Waals surface area (Å²) in [6, 6.07) is 15.4. The normalized spacial score (nSPS) is 17.4. The Morgan fingerprint density at radius 3 is 2.33 bits per heavy atom. The number of anilines is 1. The third kappa shape index (κ3) is 4.16. The fourth-order valence-electron chi connectivity index (χ4n) is 4.58. The number of hydrogen-bond donors (Lipinski definition) is 1. The first-order valence-electron chi connectivity index (χ1n) is 11.0. The van der Waals surface area contributed by atoms with E-state index in [0.29, 0.717) is 23.4 Å². The minimum Gasteiger partial charge on any atom is -0.375 e. The second-order valence-corrected chi connectivity index (χ2v) is 10.1. The Balaban J connectivity index is 1.75. The minimum absolute atomic E-state index is 0.244. The number of halogens is 1. The van der Waals surface area contributed by atoms with Crippen molar-refractivity contribution in [1.82, 2.24) is 0 Å². The molecule has 1 N–H and O–H groups in total. The van der Waals surface area contributed by atoms with E-state index in [4.69, 9.17) is 0 Å². The monoisotopic (exact) mass is 505 g/mol. The van der Waals surface area contributed by atoms with E-state index in [0.717, 1.165) is 37.9 Å². The second kappa shape index (κ2) is 8.54. The van der Waals surface area contributed by atoms with Gasteiger partial charge in [0.25, 0.3) is 5.91 Å². The van der Waals surface area contributed by atoms with Crippen LogP contribution in [0.1, 0.15) is 55.7 Å². The Bertz CT molecular complexity index is 1300. The fraction of sp³-hybridized carbons (Fsp3) is 0.286. The van der Waals surface area contributed by atoms with Gasteiger partial charge in [0.2, 0.25) is 0 Å². The molecule has 1 aliphatic rings. The van der Waals surface area contributed by atoms with Gasteiger partial charge in [-0.1, -0.05) is 45.8 Å². The lowest BCUT2D eigenvalue weighted by Crippen LogP contribution is -2.41. The molecule has 0 radical (unpaired) electrons. The molecule has 4 rings (SSSR count). The highest BCUT2D eigenvalue weighted by Crippen LogP contribution is 2.45. The summed E-state index contributed by atoms with van der Waals surface area (Å²) in [6.07, 6.45) is -0.304. The quantitative estimate of drug-likeness (QED) is 0.432. The van der Waals surface area contributed by atoms with E-state index in [2.05, 4.69) is 22.0 Å². The van der Waals surface area contributed by atoms with Crippen molar-refractivity contribution in [3.8, 4) is 0 Å². The molecule has 3 aromatic carbocycles. The van der Waals surface area contributed by atoms with Gasteiger partial charge in [-0.25, -0.2) is 0 Å². The van der Waals surface area contributed by atoms with Gasteiger partial charge >= 0.3 is 0 Å². The number of ketones is 1.